The van der Waals surface area contributed by atoms with E-state index in [0.717, 1.165) is 5.56 Å². The van der Waals surface area contributed by atoms with E-state index < -0.39 is 10.0 Å². The summed E-state index contributed by atoms with van der Waals surface area (Å²) in [4.78, 5) is 12.7. The Hall–Kier alpha value is -2.26. The number of amides is 1. The Bertz CT molecular complexity index is 911. The standard InChI is InChI=1S/C21H27N3O4S/c1-16(18-6-4-3-5-7-18)22-17(2)21(25)23-19-8-10-20(11-9-19)29(26,27)24-12-14-28-15-13-24/h3-11,16-17,22H,12-15H2,1-2H3,(H,23,25)/p+1/t16-,17-/m1/s1. The Morgan fingerprint density at radius 2 is 1.66 bits per heavy atom. The minimum absolute atomic E-state index is 0.128. The number of nitrogens with two attached hydrogens (primary N) is 1. The molecule has 156 valence electrons. The summed E-state index contributed by atoms with van der Waals surface area (Å²) in [5.74, 6) is -0.128. The van der Waals surface area contributed by atoms with E-state index in [9.17, 15) is 13.2 Å². The Balaban J connectivity index is 1.59. The molecular formula is C21H28N3O4S+. The van der Waals surface area contributed by atoms with Crippen LogP contribution >= 0.6 is 0 Å². The van der Waals surface area contributed by atoms with E-state index in [2.05, 4.69) is 12.2 Å². The molecule has 0 unspecified atom stereocenters. The van der Waals surface area contributed by atoms with E-state index in [1.54, 1.807) is 12.1 Å². The van der Waals surface area contributed by atoms with Gasteiger partial charge in [-0.2, -0.15) is 4.31 Å². The van der Waals surface area contributed by atoms with Crippen LogP contribution in [0.15, 0.2) is 59.5 Å². The highest BCUT2D eigenvalue weighted by atomic mass is 32.2. The van der Waals surface area contributed by atoms with Crippen molar-refractivity contribution in [1.82, 2.24) is 4.31 Å². The van der Waals surface area contributed by atoms with E-state index >= 15 is 0 Å². The lowest BCUT2D eigenvalue weighted by Gasteiger charge is -2.26. The van der Waals surface area contributed by atoms with Crippen LogP contribution < -0.4 is 10.6 Å². The quantitative estimate of drug-likeness (QED) is 0.710. The molecule has 3 rings (SSSR count). The molecule has 2 aromatic rings. The van der Waals surface area contributed by atoms with Crippen molar-refractivity contribution < 1.29 is 23.3 Å². The second-order valence-corrected chi connectivity index (χ2v) is 9.15. The highest BCUT2D eigenvalue weighted by molar-refractivity contribution is 7.89. The van der Waals surface area contributed by atoms with Crippen LogP contribution in [0.1, 0.15) is 25.5 Å². The maximum absolute atomic E-state index is 12.7. The van der Waals surface area contributed by atoms with Gasteiger partial charge in [-0.25, -0.2) is 8.42 Å². The number of quaternary nitrogens is 1. The zero-order valence-corrected chi connectivity index (χ0v) is 17.6. The molecular weight excluding hydrogens is 390 g/mol. The lowest BCUT2D eigenvalue weighted by Crippen LogP contribution is -2.91. The fourth-order valence-electron chi connectivity index (χ4n) is 3.29. The monoisotopic (exact) mass is 418 g/mol. The first-order chi connectivity index (χ1) is 13.9. The predicted octanol–water partition coefficient (Wildman–Crippen LogP) is 1.36. The van der Waals surface area contributed by atoms with Gasteiger partial charge in [-0.05, 0) is 38.1 Å². The minimum Gasteiger partial charge on any atom is -0.379 e. The second-order valence-electron chi connectivity index (χ2n) is 7.21. The number of carbonyl (C=O) groups is 1. The summed E-state index contributed by atoms with van der Waals surface area (Å²) < 4.78 is 32.0. The number of hydrogen-bond donors (Lipinski definition) is 2. The number of nitrogens with zero attached hydrogens (tertiary/aromatic N) is 1. The molecule has 2 atom stereocenters. The van der Waals surface area contributed by atoms with E-state index in [0.29, 0.717) is 32.0 Å². The van der Waals surface area contributed by atoms with Crippen LogP contribution in [0.4, 0.5) is 5.69 Å². The van der Waals surface area contributed by atoms with Crippen molar-refractivity contribution in [2.75, 3.05) is 31.6 Å². The minimum atomic E-state index is -3.54. The summed E-state index contributed by atoms with van der Waals surface area (Å²) in [6.45, 7) is 5.43. The van der Waals surface area contributed by atoms with Crippen LogP contribution in [-0.4, -0.2) is 51.0 Å². The van der Waals surface area contributed by atoms with Gasteiger partial charge in [-0.15, -0.1) is 0 Å². The van der Waals surface area contributed by atoms with Crippen molar-refractivity contribution >= 4 is 21.6 Å². The summed E-state index contributed by atoms with van der Waals surface area (Å²) >= 11 is 0. The summed E-state index contributed by atoms with van der Waals surface area (Å²) in [6.07, 6.45) is 0. The van der Waals surface area contributed by atoms with Crippen LogP contribution in [0.5, 0.6) is 0 Å². The molecule has 0 radical (unpaired) electrons. The number of ether oxygens (including phenoxy) is 1. The van der Waals surface area contributed by atoms with E-state index in [1.807, 2.05) is 42.6 Å². The number of nitrogens with one attached hydrogen (secondary N) is 1. The number of carbonyl (C=O) groups excluding carboxylic acids is 1. The van der Waals surface area contributed by atoms with Gasteiger partial charge in [-0.1, -0.05) is 30.3 Å². The fraction of sp³-hybridized carbons (Fsp3) is 0.381. The van der Waals surface area contributed by atoms with Gasteiger partial charge in [0.1, 0.15) is 6.04 Å². The molecule has 0 aromatic heterocycles. The summed E-state index contributed by atoms with van der Waals surface area (Å²) in [5, 5.41) is 4.86. The number of morpholine rings is 1. The van der Waals surface area contributed by atoms with E-state index in [4.69, 9.17) is 4.74 Å². The normalized spacial score (nSPS) is 17.4. The summed E-state index contributed by atoms with van der Waals surface area (Å²) in [6, 6.07) is 16.2. The molecule has 2 aromatic carbocycles. The second kappa shape index (κ2) is 9.49. The van der Waals surface area contributed by atoms with Gasteiger partial charge in [0.15, 0.2) is 6.04 Å². The number of benzene rings is 2. The van der Waals surface area contributed by atoms with Gasteiger partial charge in [0.05, 0.1) is 18.1 Å². The van der Waals surface area contributed by atoms with Crippen LogP contribution in [0, 0.1) is 0 Å². The molecule has 7 nitrogen and oxygen atoms in total. The highest BCUT2D eigenvalue weighted by Crippen LogP contribution is 2.19. The zero-order chi connectivity index (χ0) is 20.9. The molecule has 0 aliphatic carbocycles. The molecule has 0 saturated carbocycles. The van der Waals surface area contributed by atoms with Gasteiger partial charge >= 0.3 is 0 Å². The van der Waals surface area contributed by atoms with E-state index in [-0.39, 0.29) is 22.9 Å². The number of sulfonamides is 1. The topological polar surface area (TPSA) is 92.3 Å². The van der Waals surface area contributed by atoms with Gasteiger partial charge in [0, 0.05) is 24.3 Å². The Morgan fingerprint density at radius 1 is 1.03 bits per heavy atom. The predicted molar refractivity (Wildman–Crippen MR) is 111 cm³/mol. The number of hydrogen-bond acceptors (Lipinski definition) is 4. The first-order valence-electron chi connectivity index (χ1n) is 9.76. The van der Waals surface area contributed by atoms with Gasteiger partial charge in [-0.3, -0.25) is 4.79 Å². The third-order valence-electron chi connectivity index (χ3n) is 5.05. The lowest BCUT2D eigenvalue weighted by atomic mass is 10.1. The third kappa shape index (κ3) is 5.42. The molecule has 8 heteroatoms. The Morgan fingerprint density at radius 3 is 2.28 bits per heavy atom. The molecule has 1 aliphatic heterocycles. The first-order valence-corrected chi connectivity index (χ1v) is 11.2. The maximum Gasteiger partial charge on any atom is 0.282 e. The van der Waals surface area contributed by atoms with Gasteiger partial charge in [0.25, 0.3) is 5.91 Å². The Kier molecular flexibility index (Phi) is 7.02. The number of rotatable bonds is 7. The van der Waals surface area contributed by atoms with Crippen LogP contribution in [0.2, 0.25) is 0 Å². The van der Waals surface area contributed by atoms with E-state index in [1.165, 1.54) is 16.4 Å². The molecule has 29 heavy (non-hydrogen) atoms. The average molecular weight is 419 g/mol. The smallest absolute Gasteiger partial charge is 0.282 e. The number of anilines is 1. The van der Waals surface area contributed by atoms with Gasteiger partial charge < -0.3 is 15.4 Å². The van der Waals surface area contributed by atoms with Crippen LogP contribution in [0.3, 0.4) is 0 Å². The summed E-state index contributed by atoms with van der Waals surface area (Å²) in [7, 11) is -3.54. The molecule has 1 heterocycles. The molecule has 1 amide bonds. The molecule has 0 spiro atoms. The zero-order valence-electron chi connectivity index (χ0n) is 16.7. The lowest BCUT2D eigenvalue weighted by molar-refractivity contribution is -0.709. The van der Waals surface area contributed by atoms with Crippen LogP contribution in [-0.2, 0) is 19.6 Å². The molecule has 1 fully saturated rings. The SMILES string of the molecule is C[C@@H]([NH2+][C@H](C)c1ccccc1)C(=O)Nc1ccc(S(=O)(=O)N2CCOCC2)cc1. The van der Waals surface area contributed by atoms with Gasteiger partial charge in [0.2, 0.25) is 10.0 Å². The van der Waals surface area contributed by atoms with Crippen LogP contribution in [0.25, 0.3) is 0 Å². The van der Waals surface area contributed by atoms with Crippen molar-refractivity contribution in [3.63, 3.8) is 0 Å². The van der Waals surface area contributed by atoms with Crippen molar-refractivity contribution in [3.8, 4) is 0 Å². The molecule has 3 N–H and O–H groups in total. The first kappa shape index (κ1) is 21.4. The highest BCUT2D eigenvalue weighted by Gasteiger charge is 2.26. The van der Waals surface area contributed by atoms with Crippen molar-refractivity contribution in [2.45, 2.75) is 30.8 Å². The summed E-state index contributed by atoms with van der Waals surface area (Å²) in [5.41, 5.74) is 1.73. The Labute approximate surface area is 172 Å². The molecule has 1 saturated heterocycles. The van der Waals surface area contributed by atoms with Crippen molar-refractivity contribution in [3.05, 3.63) is 60.2 Å². The average Bonchev–Trinajstić information content (AvgIpc) is 2.75. The van der Waals surface area contributed by atoms with Crippen molar-refractivity contribution in [2.24, 2.45) is 0 Å². The fourth-order valence-corrected chi connectivity index (χ4v) is 4.70. The maximum atomic E-state index is 12.7. The van der Waals surface area contributed by atoms with Crippen molar-refractivity contribution in [1.29, 1.82) is 0 Å². The molecule has 1 aliphatic rings. The molecule has 0 bridgehead atoms. The third-order valence-corrected chi connectivity index (χ3v) is 6.96. The largest absolute Gasteiger partial charge is 0.379 e.